The predicted molar refractivity (Wildman–Crippen MR) is 67.7 cm³/mol. The van der Waals surface area contributed by atoms with Gasteiger partial charge in [0.25, 0.3) is 0 Å². The fourth-order valence-electron chi connectivity index (χ4n) is 2.72. The zero-order chi connectivity index (χ0) is 12.0. The smallest absolute Gasteiger partial charge is 0.123 e. The molecule has 1 fully saturated rings. The van der Waals surface area contributed by atoms with Gasteiger partial charge in [0.05, 0.1) is 0 Å². The number of aromatic nitrogens is 1. The Hall–Kier alpha value is -1.35. The number of benzene rings is 1. The minimum atomic E-state index is -0.150. The van der Waals surface area contributed by atoms with Crippen LogP contribution in [-0.2, 0) is 0 Å². The van der Waals surface area contributed by atoms with E-state index in [9.17, 15) is 4.39 Å². The standard InChI is InChI=1S/C14H17FN2/c1-17(2)8-9-5-11(9)13-7-16-14-4-3-10(15)6-12(13)14/h3-4,6-7,9,11,16H,5,8H2,1-2H3/t9-,11-/m1/s1. The molecule has 1 N–H and O–H groups in total. The Morgan fingerprint density at radius 2 is 2.24 bits per heavy atom. The van der Waals surface area contributed by atoms with Crippen LogP contribution in [0.1, 0.15) is 17.9 Å². The lowest BCUT2D eigenvalue weighted by Gasteiger charge is -2.08. The van der Waals surface area contributed by atoms with Gasteiger partial charge in [-0.3, -0.25) is 0 Å². The first-order valence-corrected chi connectivity index (χ1v) is 6.06. The van der Waals surface area contributed by atoms with E-state index in [0.717, 1.165) is 23.4 Å². The van der Waals surface area contributed by atoms with Crippen LogP contribution in [0.3, 0.4) is 0 Å². The zero-order valence-corrected chi connectivity index (χ0v) is 10.2. The lowest BCUT2D eigenvalue weighted by Crippen LogP contribution is -2.15. The highest BCUT2D eigenvalue weighted by Crippen LogP contribution is 2.49. The van der Waals surface area contributed by atoms with Crippen molar-refractivity contribution in [1.29, 1.82) is 0 Å². The molecule has 3 heteroatoms. The summed E-state index contributed by atoms with van der Waals surface area (Å²) in [7, 11) is 4.20. The van der Waals surface area contributed by atoms with E-state index in [1.54, 1.807) is 6.07 Å². The highest BCUT2D eigenvalue weighted by Gasteiger charge is 2.39. The Kier molecular flexibility index (Phi) is 2.44. The molecule has 2 nitrogen and oxygen atoms in total. The summed E-state index contributed by atoms with van der Waals surface area (Å²) in [6.07, 6.45) is 3.27. The first-order valence-electron chi connectivity index (χ1n) is 6.06. The summed E-state index contributed by atoms with van der Waals surface area (Å²) in [6, 6.07) is 4.97. The second-order valence-electron chi connectivity index (χ2n) is 5.30. The molecule has 0 saturated heterocycles. The van der Waals surface area contributed by atoms with Gasteiger partial charge in [0.2, 0.25) is 0 Å². The topological polar surface area (TPSA) is 19.0 Å². The maximum Gasteiger partial charge on any atom is 0.123 e. The molecule has 2 atom stereocenters. The van der Waals surface area contributed by atoms with E-state index in [2.05, 4.69) is 24.0 Å². The molecule has 3 rings (SSSR count). The number of rotatable bonds is 3. The Bertz CT molecular complexity index is 544. The monoisotopic (exact) mass is 232 g/mol. The fourth-order valence-corrected chi connectivity index (χ4v) is 2.72. The SMILES string of the molecule is CN(C)C[C@H]1C[C@H]1c1c[nH]c2ccc(F)cc12. The Morgan fingerprint density at radius 1 is 1.41 bits per heavy atom. The molecule has 1 heterocycles. The molecule has 1 saturated carbocycles. The molecule has 0 amide bonds. The van der Waals surface area contributed by atoms with Crippen LogP contribution in [-0.4, -0.2) is 30.5 Å². The Labute approximate surface area is 100 Å². The number of hydrogen-bond donors (Lipinski definition) is 1. The lowest BCUT2D eigenvalue weighted by molar-refractivity contribution is 0.385. The zero-order valence-electron chi connectivity index (χ0n) is 10.2. The summed E-state index contributed by atoms with van der Waals surface area (Å²) in [4.78, 5) is 5.45. The summed E-state index contributed by atoms with van der Waals surface area (Å²) in [5.74, 6) is 1.18. The third kappa shape index (κ3) is 1.95. The molecule has 1 aromatic carbocycles. The number of aromatic amines is 1. The van der Waals surface area contributed by atoms with E-state index in [0.29, 0.717) is 5.92 Å². The van der Waals surface area contributed by atoms with Crippen LogP contribution in [0, 0.1) is 11.7 Å². The van der Waals surface area contributed by atoms with Crippen molar-refractivity contribution < 1.29 is 4.39 Å². The van der Waals surface area contributed by atoms with E-state index >= 15 is 0 Å². The molecule has 1 aromatic heterocycles. The van der Waals surface area contributed by atoms with Crippen molar-refractivity contribution in [3.8, 4) is 0 Å². The third-order valence-corrected chi connectivity index (χ3v) is 3.60. The van der Waals surface area contributed by atoms with Crippen molar-refractivity contribution in [1.82, 2.24) is 9.88 Å². The highest BCUT2D eigenvalue weighted by atomic mass is 19.1. The molecule has 0 bridgehead atoms. The molecule has 0 aliphatic heterocycles. The van der Waals surface area contributed by atoms with E-state index in [1.165, 1.54) is 18.1 Å². The van der Waals surface area contributed by atoms with Crippen LogP contribution in [0.2, 0.25) is 0 Å². The summed E-state index contributed by atoms with van der Waals surface area (Å²) >= 11 is 0. The van der Waals surface area contributed by atoms with Gasteiger partial charge in [-0.1, -0.05) is 0 Å². The maximum atomic E-state index is 13.3. The van der Waals surface area contributed by atoms with Crippen LogP contribution in [0.5, 0.6) is 0 Å². The summed E-state index contributed by atoms with van der Waals surface area (Å²) in [5.41, 5.74) is 2.32. The van der Waals surface area contributed by atoms with Gasteiger partial charge in [-0.15, -0.1) is 0 Å². The van der Waals surface area contributed by atoms with E-state index in [-0.39, 0.29) is 5.82 Å². The van der Waals surface area contributed by atoms with Gasteiger partial charge in [-0.25, -0.2) is 4.39 Å². The summed E-state index contributed by atoms with van der Waals surface area (Å²) in [5, 5.41) is 1.05. The largest absolute Gasteiger partial charge is 0.361 e. The van der Waals surface area contributed by atoms with Crippen molar-refractivity contribution in [2.45, 2.75) is 12.3 Å². The Balaban J connectivity index is 1.89. The minimum Gasteiger partial charge on any atom is -0.361 e. The number of H-pyrrole nitrogens is 1. The van der Waals surface area contributed by atoms with Crippen LogP contribution in [0.25, 0.3) is 10.9 Å². The maximum absolute atomic E-state index is 13.3. The Morgan fingerprint density at radius 3 is 3.00 bits per heavy atom. The molecule has 2 aromatic rings. The van der Waals surface area contributed by atoms with E-state index in [4.69, 9.17) is 0 Å². The molecule has 0 unspecified atom stereocenters. The third-order valence-electron chi connectivity index (χ3n) is 3.60. The van der Waals surface area contributed by atoms with Crippen molar-refractivity contribution in [2.75, 3.05) is 20.6 Å². The number of halogens is 1. The molecule has 1 aliphatic rings. The van der Waals surface area contributed by atoms with Crippen molar-refractivity contribution in [3.63, 3.8) is 0 Å². The molecule has 0 radical (unpaired) electrons. The minimum absolute atomic E-state index is 0.150. The highest BCUT2D eigenvalue weighted by molar-refractivity contribution is 5.84. The summed E-state index contributed by atoms with van der Waals surface area (Å²) < 4.78 is 13.3. The number of fused-ring (bicyclic) bond motifs is 1. The quantitative estimate of drug-likeness (QED) is 0.862. The first-order chi connectivity index (χ1) is 8.15. The molecule has 0 spiro atoms. The number of nitrogens with one attached hydrogen (secondary N) is 1. The van der Waals surface area contributed by atoms with Crippen molar-refractivity contribution in [3.05, 3.63) is 35.8 Å². The van der Waals surface area contributed by atoms with Gasteiger partial charge >= 0.3 is 0 Å². The summed E-state index contributed by atoms with van der Waals surface area (Å²) in [6.45, 7) is 1.12. The molecule has 17 heavy (non-hydrogen) atoms. The van der Waals surface area contributed by atoms with Gasteiger partial charge in [-0.05, 0) is 56.1 Å². The molecule has 1 aliphatic carbocycles. The predicted octanol–water partition coefficient (Wildman–Crippen LogP) is 2.97. The van der Waals surface area contributed by atoms with Crippen molar-refractivity contribution >= 4 is 10.9 Å². The second-order valence-corrected chi connectivity index (χ2v) is 5.30. The van der Waals surface area contributed by atoms with Gasteiger partial charge in [-0.2, -0.15) is 0 Å². The van der Waals surface area contributed by atoms with Crippen LogP contribution in [0.4, 0.5) is 4.39 Å². The fraction of sp³-hybridized carbons (Fsp3) is 0.429. The van der Waals surface area contributed by atoms with Gasteiger partial charge in [0.1, 0.15) is 5.82 Å². The van der Waals surface area contributed by atoms with Crippen molar-refractivity contribution in [2.24, 2.45) is 5.92 Å². The average molecular weight is 232 g/mol. The van der Waals surface area contributed by atoms with E-state index < -0.39 is 0 Å². The van der Waals surface area contributed by atoms with Gasteiger partial charge in [0.15, 0.2) is 0 Å². The normalized spacial score (nSPS) is 23.5. The van der Waals surface area contributed by atoms with Crippen LogP contribution in [0.15, 0.2) is 24.4 Å². The lowest BCUT2D eigenvalue weighted by atomic mass is 10.1. The van der Waals surface area contributed by atoms with Gasteiger partial charge in [0, 0.05) is 23.6 Å². The number of nitrogens with zero attached hydrogens (tertiary/aromatic N) is 1. The molecular formula is C14H17FN2. The van der Waals surface area contributed by atoms with E-state index in [1.807, 2.05) is 12.3 Å². The average Bonchev–Trinajstić information content (AvgIpc) is 2.88. The van der Waals surface area contributed by atoms with Gasteiger partial charge < -0.3 is 9.88 Å². The van der Waals surface area contributed by atoms with Crippen LogP contribution < -0.4 is 0 Å². The molecule has 90 valence electrons. The number of hydrogen-bond acceptors (Lipinski definition) is 1. The molecular weight excluding hydrogens is 215 g/mol. The first kappa shape index (κ1) is 10.8. The van der Waals surface area contributed by atoms with Crippen LogP contribution >= 0.6 is 0 Å². The second kappa shape index (κ2) is 3.84.